The summed E-state index contributed by atoms with van der Waals surface area (Å²) in [6.07, 6.45) is 4.38. The second kappa shape index (κ2) is 7.61. The maximum absolute atomic E-state index is 5.61. The zero-order chi connectivity index (χ0) is 13.3. The Hall–Kier alpha value is -1.78. The molecule has 1 heterocycles. The van der Waals surface area contributed by atoms with E-state index in [0.717, 1.165) is 38.3 Å². The van der Waals surface area contributed by atoms with Crippen molar-refractivity contribution in [3.8, 4) is 0 Å². The van der Waals surface area contributed by atoms with Crippen LogP contribution in [0.4, 0.5) is 0 Å². The van der Waals surface area contributed by atoms with Gasteiger partial charge in [-0.15, -0.1) is 0 Å². The highest BCUT2D eigenvalue weighted by Gasteiger charge is 2.07. The smallest absolute Gasteiger partial charge is 0.115 e. The molecule has 0 amide bonds. The molecular formula is C15H20N4. The normalized spacial score (nSPS) is 10.8. The summed E-state index contributed by atoms with van der Waals surface area (Å²) in [7, 11) is 0. The van der Waals surface area contributed by atoms with E-state index in [4.69, 9.17) is 5.73 Å². The van der Waals surface area contributed by atoms with Crippen LogP contribution < -0.4 is 5.73 Å². The third-order valence-corrected chi connectivity index (χ3v) is 2.96. The van der Waals surface area contributed by atoms with Gasteiger partial charge in [-0.05, 0) is 24.6 Å². The fraction of sp³-hybridized carbons (Fsp3) is 0.333. The van der Waals surface area contributed by atoms with Crippen LogP contribution in [-0.4, -0.2) is 28.0 Å². The van der Waals surface area contributed by atoms with Crippen LogP contribution in [0.2, 0.25) is 0 Å². The van der Waals surface area contributed by atoms with Gasteiger partial charge in [0.05, 0.1) is 5.69 Å². The number of hydrogen-bond acceptors (Lipinski definition) is 4. The van der Waals surface area contributed by atoms with E-state index in [1.54, 1.807) is 12.5 Å². The van der Waals surface area contributed by atoms with Gasteiger partial charge in [0.15, 0.2) is 0 Å². The van der Waals surface area contributed by atoms with Gasteiger partial charge in [-0.25, -0.2) is 9.97 Å². The SMILES string of the molecule is NCCCN(Cc1ccccc1)Cc1ccncn1. The third kappa shape index (κ3) is 4.77. The van der Waals surface area contributed by atoms with E-state index in [-0.39, 0.29) is 0 Å². The zero-order valence-electron chi connectivity index (χ0n) is 11.1. The van der Waals surface area contributed by atoms with Crippen LogP contribution in [0.5, 0.6) is 0 Å². The minimum atomic E-state index is 0.717. The monoisotopic (exact) mass is 256 g/mol. The predicted octanol–water partition coefficient (Wildman–Crippen LogP) is 1.83. The first-order valence-electron chi connectivity index (χ1n) is 6.59. The number of benzene rings is 1. The molecular weight excluding hydrogens is 236 g/mol. The van der Waals surface area contributed by atoms with Crippen molar-refractivity contribution < 1.29 is 0 Å². The number of nitrogens with two attached hydrogens (primary N) is 1. The summed E-state index contributed by atoms with van der Waals surface area (Å²) in [6.45, 7) is 3.45. The van der Waals surface area contributed by atoms with Crippen molar-refractivity contribution in [2.45, 2.75) is 19.5 Å². The molecule has 2 rings (SSSR count). The fourth-order valence-electron chi connectivity index (χ4n) is 2.01. The Morgan fingerprint density at radius 2 is 1.89 bits per heavy atom. The summed E-state index contributed by atoms with van der Waals surface area (Å²) in [5.41, 5.74) is 7.97. The van der Waals surface area contributed by atoms with Crippen LogP contribution in [0.25, 0.3) is 0 Å². The molecule has 2 aromatic rings. The van der Waals surface area contributed by atoms with Gasteiger partial charge in [-0.3, -0.25) is 4.90 Å². The molecule has 1 aromatic heterocycles. The Kier molecular flexibility index (Phi) is 5.47. The van der Waals surface area contributed by atoms with E-state index in [0.29, 0.717) is 0 Å². The first-order valence-corrected chi connectivity index (χ1v) is 6.59. The molecule has 4 nitrogen and oxygen atoms in total. The number of aromatic nitrogens is 2. The number of nitrogens with zero attached hydrogens (tertiary/aromatic N) is 3. The largest absolute Gasteiger partial charge is 0.330 e. The van der Waals surface area contributed by atoms with Crippen LogP contribution in [0, 0.1) is 0 Å². The van der Waals surface area contributed by atoms with E-state index in [9.17, 15) is 0 Å². The lowest BCUT2D eigenvalue weighted by Gasteiger charge is -2.21. The average molecular weight is 256 g/mol. The van der Waals surface area contributed by atoms with Gasteiger partial charge in [-0.1, -0.05) is 30.3 Å². The van der Waals surface area contributed by atoms with Gasteiger partial charge in [-0.2, -0.15) is 0 Å². The summed E-state index contributed by atoms with van der Waals surface area (Å²) in [5, 5.41) is 0. The summed E-state index contributed by atoms with van der Waals surface area (Å²) in [5.74, 6) is 0. The van der Waals surface area contributed by atoms with Gasteiger partial charge in [0.25, 0.3) is 0 Å². The standard InChI is InChI=1S/C15H20N4/c16-8-4-10-19(11-14-5-2-1-3-6-14)12-15-7-9-17-13-18-15/h1-3,5-7,9,13H,4,8,10-12,16H2. The van der Waals surface area contributed by atoms with Crippen molar-refractivity contribution in [1.82, 2.24) is 14.9 Å². The predicted molar refractivity (Wildman–Crippen MR) is 76.3 cm³/mol. The summed E-state index contributed by atoms with van der Waals surface area (Å²) in [4.78, 5) is 10.6. The fourth-order valence-corrected chi connectivity index (χ4v) is 2.01. The van der Waals surface area contributed by atoms with Crippen LogP contribution in [-0.2, 0) is 13.1 Å². The van der Waals surface area contributed by atoms with Crippen molar-refractivity contribution in [2.75, 3.05) is 13.1 Å². The van der Waals surface area contributed by atoms with Crippen molar-refractivity contribution in [3.05, 3.63) is 60.2 Å². The summed E-state index contributed by atoms with van der Waals surface area (Å²) < 4.78 is 0. The average Bonchev–Trinajstić information content (AvgIpc) is 2.47. The lowest BCUT2D eigenvalue weighted by molar-refractivity contribution is 0.252. The molecule has 100 valence electrons. The van der Waals surface area contributed by atoms with E-state index < -0.39 is 0 Å². The molecule has 19 heavy (non-hydrogen) atoms. The Labute approximate surface area is 114 Å². The molecule has 0 saturated heterocycles. The van der Waals surface area contributed by atoms with Crippen LogP contribution in [0.15, 0.2) is 48.9 Å². The maximum Gasteiger partial charge on any atom is 0.115 e. The molecule has 0 aliphatic carbocycles. The molecule has 0 radical (unpaired) electrons. The molecule has 0 aliphatic rings. The highest BCUT2D eigenvalue weighted by Crippen LogP contribution is 2.08. The van der Waals surface area contributed by atoms with Crippen molar-refractivity contribution in [2.24, 2.45) is 5.73 Å². The van der Waals surface area contributed by atoms with Crippen molar-refractivity contribution in [3.63, 3.8) is 0 Å². The van der Waals surface area contributed by atoms with Gasteiger partial charge >= 0.3 is 0 Å². The molecule has 0 unspecified atom stereocenters. The molecule has 0 atom stereocenters. The Bertz CT molecular complexity index is 417. The van der Waals surface area contributed by atoms with Gasteiger partial charge in [0, 0.05) is 25.8 Å². The lowest BCUT2D eigenvalue weighted by atomic mass is 10.2. The van der Waals surface area contributed by atoms with Gasteiger partial charge in [0.2, 0.25) is 0 Å². The van der Waals surface area contributed by atoms with Crippen LogP contribution in [0.1, 0.15) is 17.7 Å². The minimum Gasteiger partial charge on any atom is -0.330 e. The van der Waals surface area contributed by atoms with Crippen LogP contribution in [0.3, 0.4) is 0 Å². The quantitative estimate of drug-likeness (QED) is 0.821. The first kappa shape index (κ1) is 13.6. The molecule has 1 aromatic carbocycles. The third-order valence-electron chi connectivity index (χ3n) is 2.96. The molecule has 4 heteroatoms. The Balaban J connectivity index is 1.99. The second-order valence-corrected chi connectivity index (χ2v) is 4.54. The second-order valence-electron chi connectivity index (χ2n) is 4.54. The zero-order valence-corrected chi connectivity index (χ0v) is 11.1. The molecule has 0 bridgehead atoms. The van der Waals surface area contributed by atoms with Gasteiger partial charge < -0.3 is 5.73 Å². The first-order chi connectivity index (χ1) is 9.38. The van der Waals surface area contributed by atoms with Crippen molar-refractivity contribution >= 4 is 0 Å². The number of rotatable bonds is 7. The number of hydrogen-bond donors (Lipinski definition) is 1. The topological polar surface area (TPSA) is 55.0 Å². The van der Waals surface area contributed by atoms with E-state index in [1.807, 2.05) is 12.1 Å². The van der Waals surface area contributed by atoms with E-state index >= 15 is 0 Å². The van der Waals surface area contributed by atoms with E-state index in [1.165, 1.54) is 5.56 Å². The Morgan fingerprint density at radius 1 is 1.05 bits per heavy atom. The maximum atomic E-state index is 5.61. The summed E-state index contributed by atoms with van der Waals surface area (Å²) in [6, 6.07) is 12.4. The summed E-state index contributed by atoms with van der Waals surface area (Å²) >= 11 is 0. The highest BCUT2D eigenvalue weighted by atomic mass is 15.1. The molecule has 0 spiro atoms. The van der Waals surface area contributed by atoms with Gasteiger partial charge in [0.1, 0.15) is 6.33 Å². The molecule has 0 fully saturated rings. The van der Waals surface area contributed by atoms with Crippen molar-refractivity contribution in [1.29, 1.82) is 0 Å². The molecule has 0 aliphatic heterocycles. The minimum absolute atomic E-state index is 0.717. The molecule has 0 saturated carbocycles. The highest BCUT2D eigenvalue weighted by molar-refractivity contribution is 5.14. The van der Waals surface area contributed by atoms with Crippen LogP contribution >= 0.6 is 0 Å². The Morgan fingerprint density at radius 3 is 2.58 bits per heavy atom. The lowest BCUT2D eigenvalue weighted by Crippen LogP contribution is -2.26. The molecule has 2 N–H and O–H groups in total. The van der Waals surface area contributed by atoms with E-state index in [2.05, 4.69) is 39.1 Å².